The Morgan fingerprint density at radius 3 is 2.93 bits per heavy atom. The maximum Gasteiger partial charge on any atom is 0.178 e. The molecule has 1 saturated heterocycles. The highest BCUT2D eigenvalue weighted by Gasteiger charge is 2.75. The first-order chi connectivity index (χ1) is 20.7. The summed E-state index contributed by atoms with van der Waals surface area (Å²) in [6.45, 7) is 6.44. The van der Waals surface area contributed by atoms with Crippen LogP contribution in [0.25, 0.3) is 22.1 Å². The van der Waals surface area contributed by atoms with E-state index in [1.165, 1.54) is 11.8 Å². The third kappa shape index (κ3) is 3.82. The normalized spacial score (nSPS) is 39.9. The molecule has 226 valence electrons. The molecule has 9 nitrogen and oxygen atoms in total. The molecule has 4 aliphatic carbocycles. The lowest BCUT2D eigenvalue weighted by atomic mass is 9.46. The van der Waals surface area contributed by atoms with Crippen LogP contribution >= 0.6 is 11.8 Å². The number of ether oxygens (including phenoxy) is 2. The van der Waals surface area contributed by atoms with Gasteiger partial charge in [-0.15, -0.1) is 0 Å². The van der Waals surface area contributed by atoms with Crippen molar-refractivity contribution in [2.45, 2.75) is 88.6 Å². The second-order valence-corrected chi connectivity index (χ2v) is 14.7. The van der Waals surface area contributed by atoms with Crippen LogP contribution < -0.4 is 0 Å². The van der Waals surface area contributed by atoms with Crippen LogP contribution in [0.2, 0.25) is 0 Å². The zero-order chi connectivity index (χ0) is 29.7. The number of aromatic amines is 2. The smallest absolute Gasteiger partial charge is 0.178 e. The van der Waals surface area contributed by atoms with Crippen molar-refractivity contribution in [1.82, 2.24) is 19.9 Å². The number of allylic oxidation sites excluding steroid dienone is 4. The molecule has 2 aromatic heterocycles. The van der Waals surface area contributed by atoms with Crippen LogP contribution in [0.15, 0.2) is 47.4 Å². The van der Waals surface area contributed by atoms with E-state index in [1.54, 1.807) is 18.5 Å². The number of aliphatic hydroxyl groups is 1. The Morgan fingerprint density at radius 1 is 1.23 bits per heavy atom. The van der Waals surface area contributed by atoms with Gasteiger partial charge in [-0.1, -0.05) is 50.6 Å². The Balaban J connectivity index is 1.11. The van der Waals surface area contributed by atoms with E-state index in [9.17, 15) is 14.7 Å². The Bertz CT molecular complexity index is 1660. The lowest BCUT2D eigenvalue weighted by Crippen LogP contribution is -2.63. The summed E-state index contributed by atoms with van der Waals surface area (Å²) >= 11 is 1.39. The number of ketones is 2. The quantitative estimate of drug-likeness (QED) is 0.326. The first-order valence-corrected chi connectivity index (χ1v) is 16.6. The number of benzene rings is 1. The molecule has 3 saturated carbocycles. The molecule has 8 rings (SSSR count). The number of Topliss-reactive ketones (excluding diaryl/α,β-unsaturated/α-hetero) is 1. The van der Waals surface area contributed by atoms with Crippen LogP contribution in [0.3, 0.4) is 0 Å². The molecule has 10 heteroatoms. The van der Waals surface area contributed by atoms with Crippen molar-refractivity contribution in [2.75, 3.05) is 5.75 Å². The zero-order valence-corrected chi connectivity index (χ0v) is 25.6. The van der Waals surface area contributed by atoms with Crippen molar-refractivity contribution in [3.63, 3.8) is 0 Å². The average molecular weight is 603 g/mol. The molecule has 1 aliphatic heterocycles. The Kier molecular flexibility index (Phi) is 6.19. The number of imidazole rings is 2. The largest absolute Gasteiger partial charge is 0.393 e. The number of carbonyl (C=O) groups is 2. The number of rotatable bonds is 6. The summed E-state index contributed by atoms with van der Waals surface area (Å²) in [5, 5.41) is 12.6. The van der Waals surface area contributed by atoms with Crippen LogP contribution in [0.5, 0.6) is 0 Å². The molecule has 3 aromatic rings. The van der Waals surface area contributed by atoms with Crippen molar-refractivity contribution in [1.29, 1.82) is 0 Å². The summed E-state index contributed by atoms with van der Waals surface area (Å²) in [5.41, 5.74) is 2.52. The summed E-state index contributed by atoms with van der Waals surface area (Å²) in [7, 11) is 0. The van der Waals surface area contributed by atoms with E-state index in [0.29, 0.717) is 11.6 Å². The van der Waals surface area contributed by atoms with E-state index in [0.717, 1.165) is 59.7 Å². The van der Waals surface area contributed by atoms with Crippen molar-refractivity contribution in [3.05, 3.63) is 42.3 Å². The fourth-order valence-electron chi connectivity index (χ4n) is 9.73. The van der Waals surface area contributed by atoms with Gasteiger partial charge in [0, 0.05) is 16.7 Å². The van der Waals surface area contributed by atoms with Gasteiger partial charge in [-0.3, -0.25) is 9.59 Å². The predicted octanol–water partition coefficient (Wildman–Crippen LogP) is 5.27. The number of carbonyl (C=O) groups excluding carboxylic acids is 2. The van der Waals surface area contributed by atoms with Crippen LogP contribution in [0.1, 0.15) is 59.3 Å². The zero-order valence-electron chi connectivity index (χ0n) is 24.8. The topological polar surface area (TPSA) is 130 Å². The van der Waals surface area contributed by atoms with E-state index in [4.69, 9.17) is 14.5 Å². The molecular formula is C33H38N4O5S. The SMILES string of the molecule is CCC[C@@H]1O[C@@H]2CC3C4CCC5=CC(=O)C=CC5(C)C4C(O)CC3(C)[C@]2(C(=O)CSc2nc3cc4nc[nH]c4cc3[nH]2)O1. The molecule has 4 fully saturated rings. The molecule has 3 heterocycles. The molecule has 1 aromatic carbocycles. The van der Waals surface area contributed by atoms with Gasteiger partial charge in [0.15, 0.2) is 28.6 Å². The molecule has 6 unspecified atom stereocenters. The van der Waals surface area contributed by atoms with Crippen molar-refractivity contribution >= 4 is 45.4 Å². The van der Waals surface area contributed by atoms with Crippen LogP contribution in [0.4, 0.5) is 0 Å². The Labute approximate surface area is 254 Å². The Hall–Kier alpha value is -2.79. The van der Waals surface area contributed by atoms with Gasteiger partial charge in [-0.2, -0.15) is 0 Å². The summed E-state index contributed by atoms with van der Waals surface area (Å²) in [6, 6.07) is 3.92. The molecular weight excluding hydrogens is 564 g/mol. The van der Waals surface area contributed by atoms with Gasteiger partial charge in [0.25, 0.3) is 0 Å². The first-order valence-electron chi connectivity index (χ1n) is 15.6. The number of nitrogens with one attached hydrogen (secondary N) is 2. The number of H-pyrrole nitrogens is 2. The summed E-state index contributed by atoms with van der Waals surface area (Å²) in [6.07, 6.45) is 10.2. The van der Waals surface area contributed by atoms with E-state index in [2.05, 4.69) is 35.7 Å². The second kappa shape index (κ2) is 9.60. The van der Waals surface area contributed by atoms with E-state index in [-0.39, 0.29) is 46.6 Å². The number of nitrogens with zero attached hydrogens (tertiary/aromatic N) is 2. The Morgan fingerprint density at radius 2 is 2.09 bits per heavy atom. The highest BCUT2D eigenvalue weighted by Crippen LogP contribution is 2.69. The second-order valence-electron chi connectivity index (χ2n) is 13.7. The van der Waals surface area contributed by atoms with E-state index >= 15 is 0 Å². The maximum absolute atomic E-state index is 14.6. The lowest BCUT2D eigenvalue weighted by molar-refractivity contribution is -0.197. The van der Waals surface area contributed by atoms with Crippen molar-refractivity contribution in [3.8, 4) is 0 Å². The minimum Gasteiger partial charge on any atom is -0.393 e. The summed E-state index contributed by atoms with van der Waals surface area (Å²) in [4.78, 5) is 42.3. The van der Waals surface area contributed by atoms with Gasteiger partial charge in [0.1, 0.15) is 0 Å². The van der Waals surface area contributed by atoms with Gasteiger partial charge < -0.3 is 24.5 Å². The number of aliphatic hydroxyl groups excluding tert-OH is 1. The molecule has 0 radical (unpaired) electrons. The third-order valence-corrected chi connectivity index (χ3v) is 12.4. The molecule has 0 spiro atoms. The van der Waals surface area contributed by atoms with E-state index in [1.807, 2.05) is 18.2 Å². The molecule has 43 heavy (non-hydrogen) atoms. The minimum atomic E-state index is -1.13. The number of hydrogen-bond acceptors (Lipinski definition) is 8. The van der Waals surface area contributed by atoms with Gasteiger partial charge in [-0.05, 0) is 68.2 Å². The lowest BCUT2D eigenvalue weighted by Gasteiger charge is -2.59. The van der Waals surface area contributed by atoms with E-state index < -0.39 is 23.4 Å². The number of fused-ring (bicyclic) bond motifs is 9. The predicted molar refractivity (Wildman–Crippen MR) is 162 cm³/mol. The highest BCUT2D eigenvalue weighted by molar-refractivity contribution is 7.99. The average Bonchev–Trinajstić information content (AvgIpc) is 3.72. The number of thioether (sulfide) groups is 1. The minimum absolute atomic E-state index is 0.0109. The number of aromatic nitrogens is 4. The van der Waals surface area contributed by atoms with Gasteiger partial charge in [0.05, 0.1) is 46.4 Å². The summed E-state index contributed by atoms with van der Waals surface area (Å²) < 4.78 is 13.4. The van der Waals surface area contributed by atoms with Crippen LogP contribution in [0, 0.1) is 28.6 Å². The number of hydrogen-bond donors (Lipinski definition) is 3. The summed E-state index contributed by atoms with van der Waals surface area (Å²) in [5.74, 6) is 0.572. The molecule has 0 amide bonds. The van der Waals surface area contributed by atoms with Crippen LogP contribution in [-0.4, -0.2) is 66.5 Å². The monoisotopic (exact) mass is 602 g/mol. The van der Waals surface area contributed by atoms with Crippen molar-refractivity contribution < 1.29 is 24.2 Å². The fourth-order valence-corrected chi connectivity index (χ4v) is 10.6. The van der Waals surface area contributed by atoms with Crippen molar-refractivity contribution in [2.24, 2.45) is 28.6 Å². The molecule has 3 N–H and O–H groups in total. The molecule has 0 bridgehead atoms. The highest BCUT2D eigenvalue weighted by atomic mass is 32.2. The van der Waals surface area contributed by atoms with Gasteiger partial charge in [0.2, 0.25) is 0 Å². The van der Waals surface area contributed by atoms with Gasteiger partial charge >= 0.3 is 0 Å². The fraction of sp³-hybridized carbons (Fsp3) is 0.576. The van der Waals surface area contributed by atoms with Gasteiger partial charge in [-0.25, -0.2) is 9.97 Å². The molecule has 9 atom stereocenters. The first kappa shape index (κ1) is 27.7. The van der Waals surface area contributed by atoms with Crippen LogP contribution in [-0.2, 0) is 19.1 Å². The maximum atomic E-state index is 14.6. The third-order valence-electron chi connectivity index (χ3n) is 11.6. The standard InChI is InChI=1S/C33H38N4O5S/c1-4-5-28-41-27-11-20-19-7-6-17-10-18(38)8-9-31(17,2)29(19)25(39)14-32(20,3)33(27,42-28)26(40)15-43-30-36-23-12-21-22(35-16-34-21)13-24(23)37-30/h8-10,12-13,16,19-20,25,27-29,39H,4-7,11,14-15H2,1-3H3,(H,34,35)(H,36,37)/t19?,20?,25?,27-,28-,29?,31?,32?,33-/m1/s1. The molecule has 5 aliphatic rings.